The molecule has 3 nitrogen and oxygen atoms in total. The van der Waals surface area contributed by atoms with E-state index in [1.165, 1.54) is 6.42 Å². The lowest BCUT2D eigenvalue weighted by Crippen LogP contribution is -2.45. The van der Waals surface area contributed by atoms with Crippen LogP contribution in [0.25, 0.3) is 0 Å². The molecule has 0 atom stereocenters. The van der Waals surface area contributed by atoms with Crippen molar-refractivity contribution in [2.45, 2.75) is 32.2 Å². The number of rotatable bonds is 4. The number of hydrogen-bond acceptors (Lipinski definition) is 2. The van der Waals surface area contributed by atoms with Gasteiger partial charge in [0.25, 0.3) is 5.91 Å². The second kappa shape index (κ2) is 5.63. The van der Waals surface area contributed by atoms with Gasteiger partial charge in [-0.25, -0.2) is 0 Å². The summed E-state index contributed by atoms with van der Waals surface area (Å²) in [6.45, 7) is 2.70. The summed E-state index contributed by atoms with van der Waals surface area (Å²) in [6.07, 6.45) is 5.18. The molecule has 0 N–H and O–H groups in total. The Balaban J connectivity index is 2.18. The maximum atomic E-state index is 12.4. The van der Waals surface area contributed by atoms with Crippen molar-refractivity contribution in [3.8, 4) is 0 Å². The summed E-state index contributed by atoms with van der Waals surface area (Å²) < 4.78 is 0. The van der Waals surface area contributed by atoms with Gasteiger partial charge < -0.3 is 4.90 Å². The quantitative estimate of drug-likeness (QED) is 0.801. The van der Waals surface area contributed by atoms with Gasteiger partial charge in [-0.05, 0) is 37.8 Å². The zero-order valence-electron chi connectivity index (χ0n) is 10.0. The zero-order valence-corrected chi connectivity index (χ0v) is 11.6. The highest BCUT2D eigenvalue weighted by Gasteiger charge is 2.29. The van der Waals surface area contributed by atoms with Crippen LogP contribution in [0.15, 0.2) is 18.3 Å². The van der Waals surface area contributed by atoms with Crippen LogP contribution in [0.5, 0.6) is 0 Å². The molecular weight excluding hydrogens is 280 g/mol. The van der Waals surface area contributed by atoms with E-state index in [0.29, 0.717) is 11.7 Å². The fourth-order valence-corrected chi connectivity index (χ4v) is 2.47. The van der Waals surface area contributed by atoms with Crippen molar-refractivity contribution in [2.75, 3.05) is 11.9 Å². The van der Waals surface area contributed by atoms with Gasteiger partial charge in [-0.2, -0.15) is 0 Å². The molecule has 0 radical (unpaired) electrons. The Hall–Kier alpha value is -0.900. The molecule has 0 spiro atoms. The monoisotopic (exact) mass is 296 g/mol. The first-order valence-corrected chi connectivity index (χ1v) is 7.14. The second-order valence-electron chi connectivity index (χ2n) is 4.44. The van der Waals surface area contributed by atoms with Crippen LogP contribution in [-0.2, 0) is 0 Å². The fraction of sp³-hybridized carbons (Fsp3) is 0.538. The first-order valence-electron chi connectivity index (χ1n) is 6.02. The number of amides is 1. The Morgan fingerprint density at radius 3 is 2.88 bits per heavy atom. The molecule has 4 heteroatoms. The number of hydrogen-bond donors (Lipinski definition) is 0. The second-order valence-corrected chi connectivity index (χ2v) is 5.23. The molecule has 0 unspecified atom stereocenters. The molecule has 1 aliphatic carbocycles. The number of carbonyl (C=O) groups excluding carboxylic acids is 1. The lowest BCUT2D eigenvalue weighted by atomic mass is 9.91. The van der Waals surface area contributed by atoms with E-state index < -0.39 is 0 Å². The summed E-state index contributed by atoms with van der Waals surface area (Å²) in [5.41, 5.74) is 1.55. The minimum atomic E-state index is 0.0762. The van der Waals surface area contributed by atoms with Crippen LogP contribution >= 0.6 is 15.9 Å². The summed E-state index contributed by atoms with van der Waals surface area (Å²) in [6, 6.07) is 4.22. The molecule has 2 rings (SSSR count). The lowest BCUT2D eigenvalue weighted by molar-refractivity contribution is 0.0592. The predicted octanol–water partition coefficient (Wildman–Crippen LogP) is 2.78. The van der Waals surface area contributed by atoms with Gasteiger partial charge in [0, 0.05) is 24.1 Å². The average Bonchev–Trinajstić information content (AvgIpc) is 2.26. The number of nitrogens with zero attached hydrogens (tertiary/aromatic N) is 2. The molecule has 0 aliphatic heterocycles. The van der Waals surface area contributed by atoms with Gasteiger partial charge in [-0.15, -0.1) is 0 Å². The van der Waals surface area contributed by atoms with Crippen molar-refractivity contribution in [1.29, 1.82) is 0 Å². The number of aryl methyl sites for hydroxylation is 1. The highest BCUT2D eigenvalue weighted by atomic mass is 79.9. The molecule has 1 aliphatic rings. The molecular formula is C13H17BrN2O. The van der Waals surface area contributed by atoms with Gasteiger partial charge in [0.05, 0.1) is 0 Å². The Kier molecular flexibility index (Phi) is 4.15. The van der Waals surface area contributed by atoms with E-state index in [1.807, 2.05) is 24.0 Å². The number of pyridine rings is 1. The van der Waals surface area contributed by atoms with Gasteiger partial charge in [-0.3, -0.25) is 9.78 Å². The first kappa shape index (κ1) is 12.6. The van der Waals surface area contributed by atoms with Crippen LogP contribution in [-0.4, -0.2) is 33.7 Å². The standard InChI is InChI=1S/C13H17BrN2O/c1-10-4-3-8-15-12(10)13(17)16(9-7-14)11-5-2-6-11/h3-4,8,11H,2,5-7,9H2,1H3. The number of halogens is 1. The van der Waals surface area contributed by atoms with Gasteiger partial charge in [-0.1, -0.05) is 22.0 Å². The van der Waals surface area contributed by atoms with E-state index in [9.17, 15) is 4.79 Å². The van der Waals surface area contributed by atoms with Crippen molar-refractivity contribution in [2.24, 2.45) is 0 Å². The van der Waals surface area contributed by atoms with E-state index >= 15 is 0 Å². The van der Waals surface area contributed by atoms with Crippen molar-refractivity contribution in [3.05, 3.63) is 29.6 Å². The number of carbonyl (C=O) groups is 1. The Morgan fingerprint density at radius 1 is 1.59 bits per heavy atom. The first-order chi connectivity index (χ1) is 8.24. The van der Waals surface area contributed by atoms with Gasteiger partial charge in [0.2, 0.25) is 0 Å². The van der Waals surface area contributed by atoms with Crippen molar-refractivity contribution >= 4 is 21.8 Å². The summed E-state index contributed by atoms with van der Waals surface area (Å²) in [5, 5.41) is 0.821. The molecule has 1 aromatic heterocycles. The highest BCUT2D eigenvalue weighted by molar-refractivity contribution is 9.09. The van der Waals surface area contributed by atoms with Gasteiger partial charge in [0.15, 0.2) is 0 Å². The Labute approximate surface area is 110 Å². The number of alkyl halides is 1. The topological polar surface area (TPSA) is 33.2 Å². The molecule has 0 bridgehead atoms. The molecule has 17 heavy (non-hydrogen) atoms. The van der Waals surface area contributed by atoms with Crippen LogP contribution in [0.1, 0.15) is 35.3 Å². The smallest absolute Gasteiger partial charge is 0.272 e. The highest BCUT2D eigenvalue weighted by Crippen LogP contribution is 2.26. The van der Waals surface area contributed by atoms with Gasteiger partial charge in [0.1, 0.15) is 5.69 Å². The third-order valence-corrected chi connectivity index (χ3v) is 3.67. The van der Waals surface area contributed by atoms with E-state index in [2.05, 4.69) is 20.9 Å². The van der Waals surface area contributed by atoms with Crippen LogP contribution in [0.3, 0.4) is 0 Å². The summed E-state index contributed by atoms with van der Waals surface area (Å²) in [5.74, 6) is 0.0762. The zero-order chi connectivity index (χ0) is 12.3. The minimum absolute atomic E-state index is 0.0762. The molecule has 1 amide bonds. The molecule has 1 saturated carbocycles. The van der Waals surface area contributed by atoms with Crippen LogP contribution in [0.4, 0.5) is 0 Å². The summed E-state index contributed by atoms with van der Waals surface area (Å²) >= 11 is 3.42. The largest absolute Gasteiger partial charge is 0.333 e. The molecule has 1 heterocycles. The van der Waals surface area contributed by atoms with E-state index in [1.54, 1.807) is 6.20 Å². The SMILES string of the molecule is Cc1cccnc1C(=O)N(CCBr)C1CCC1. The third-order valence-electron chi connectivity index (χ3n) is 3.31. The average molecular weight is 297 g/mol. The van der Waals surface area contributed by atoms with E-state index in [0.717, 1.165) is 30.3 Å². The van der Waals surface area contributed by atoms with Crippen LogP contribution in [0.2, 0.25) is 0 Å². The maximum Gasteiger partial charge on any atom is 0.272 e. The summed E-state index contributed by atoms with van der Waals surface area (Å²) in [4.78, 5) is 18.6. The van der Waals surface area contributed by atoms with E-state index in [-0.39, 0.29) is 5.91 Å². The van der Waals surface area contributed by atoms with Gasteiger partial charge >= 0.3 is 0 Å². The third kappa shape index (κ3) is 2.68. The molecule has 1 aromatic rings. The molecule has 0 saturated heterocycles. The van der Waals surface area contributed by atoms with Crippen LogP contribution in [0, 0.1) is 6.92 Å². The normalized spacial score (nSPS) is 15.4. The molecule has 92 valence electrons. The Bertz CT molecular complexity index is 404. The van der Waals surface area contributed by atoms with E-state index in [4.69, 9.17) is 0 Å². The summed E-state index contributed by atoms with van der Waals surface area (Å²) in [7, 11) is 0. The Morgan fingerprint density at radius 2 is 2.35 bits per heavy atom. The maximum absolute atomic E-state index is 12.4. The molecule has 1 fully saturated rings. The lowest BCUT2D eigenvalue weighted by Gasteiger charge is -2.37. The minimum Gasteiger partial charge on any atom is -0.333 e. The van der Waals surface area contributed by atoms with Crippen LogP contribution < -0.4 is 0 Å². The van der Waals surface area contributed by atoms with Crippen molar-refractivity contribution in [3.63, 3.8) is 0 Å². The van der Waals surface area contributed by atoms with Crippen molar-refractivity contribution in [1.82, 2.24) is 9.88 Å². The molecule has 0 aromatic carbocycles. The van der Waals surface area contributed by atoms with Crippen molar-refractivity contribution < 1.29 is 4.79 Å². The predicted molar refractivity (Wildman–Crippen MR) is 71.4 cm³/mol. The fourth-order valence-electron chi connectivity index (χ4n) is 2.08. The number of aromatic nitrogens is 1.